The third-order valence-corrected chi connectivity index (χ3v) is 4.47. The van der Waals surface area contributed by atoms with Gasteiger partial charge < -0.3 is 15.4 Å². The number of halogens is 1. The zero-order valence-electron chi connectivity index (χ0n) is 14.3. The number of benzene rings is 1. The van der Waals surface area contributed by atoms with Crippen LogP contribution in [0, 0.1) is 0 Å². The molecule has 0 spiro atoms. The van der Waals surface area contributed by atoms with Gasteiger partial charge in [-0.05, 0) is 56.0 Å². The zero-order valence-corrected chi connectivity index (χ0v) is 14.3. The molecule has 2 N–H and O–H groups in total. The average Bonchev–Trinajstić information content (AvgIpc) is 2.55. The lowest BCUT2D eigenvalue weighted by Gasteiger charge is -2.39. The van der Waals surface area contributed by atoms with Gasteiger partial charge >= 0.3 is 0 Å². The third-order valence-electron chi connectivity index (χ3n) is 4.47. The molecule has 5 nitrogen and oxygen atoms in total. The van der Waals surface area contributed by atoms with Gasteiger partial charge in [-0.15, -0.1) is 0 Å². The maximum atomic E-state index is 12.7. The Morgan fingerprint density at radius 3 is 2.75 bits per heavy atom. The molecule has 0 fully saturated rings. The summed E-state index contributed by atoms with van der Waals surface area (Å²) in [5.41, 5.74) is 6.34. The summed E-state index contributed by atoms with van der Waals surface area (Å²) in [6.07, 6.45) is 1.75. The van der Waals surface area contributed by atoms with E-state index in [4.69, 9.17) is 10.5 Å². The summed E-state index contributed by atoms with van der Waals surface area (Å²) in [6, 6.07) is 5.16. The minimum atomic E-state index is -1.04. The highest BCUT2D eigenvalue weighted by Gasteiger charge is 2.39. The molecule has 0 atom stereocenters. The van der Waals surface area contributed by atoms with E-state index in [0.717, 1.165) is 5.56 Å². The van der Waals surface area contributed by atoms with Crippen molar-refractivity contribution in [1.82, 2.24) is 4.90 Å². The molecule has 1 aliphatic heterocycles. The molecule has 24 heavy (non-hydrogen) atoms. The topological polar surface area (TPSA) is 72.6 Å². The Bertz CT molecular complexity index is 683. The van der Waals surface area contributed by atoms with E-state index in [1.54, 1.807) is 32.0 Å². The summed E-state index contributed by atoms with van der Waals surface area (Å²) in [6.45, 7) is 5.74. The lowest BCUT2D eigenvalue weighted by Crippen LogP contribution is -2.57. The van der Waals surface area contributed by atoms with Crippen LogP contribution in [0.5, 0.6) is 5.75 Å². The van der Waals surface area contributed by atoms with Crippen molar-refractivity contribution in [3.8, 4) is 5.75 Å². The Labute approximate surface area is 141 Å². The van der Waals surface area contributed by atoms with Crippen LogP contribution in [0.2, 0.25) is 0 Å². The second kappa shape index (κ2) is 7.03. The molecule has 0 bridgehead atoms. The molecule has 1 aromatic carbocycles. The smallest absolute Gasteiger partial charge is 0.255 e. The van der Waals surface area contributed by atoms with Crippen LogP contribution < -0.4 is 10.5 Å². The molecule has 0 saturated carbocycles. The van der Waals surface area contributed by atoms with Gasteiger partial charge in [0.2, 0.25) is 5.91 Å². The van der Waals surface area contributed by atoms with E-state index in [-0.39, 0.29) is 12.5 Å². The first-order valence-corrected chi connectivity index (χ1v) is 7.97. The number of hydrogen-bond donors (Lipinski definition) is 1. The molecule has 1 aliphatic rings. The number of fused-ring (bicyclic) bond motifs is 1. The quantitative estimate of drug-likeness (QED) is 0.869. The predicted molar refractivity (Wildman–Crippen MR) is 89.4 cm³/mol. The average molecular weight is 334 g/mol. The van der Waals surface area contributed by atoms with Gasteiger partial charge in [-0.1, -0.05) is 6.92 Å². The van der Waals surface area contributed by atoms with Gasteiger partial charge in [-0.25, -0.2) is 4.39 Å². The summed E-state index contributed by atoms with van der Waals surface area (Å²) in [5.74, 6) is -0.161. The number of carbonyl (C=O) groups is 2. The molecule has 0 radical (unpaired) electrons. The van der Waals surface area contributed by atoms with Crippen molar-refractivity contribution in [3.05, 3.63) is 41.2 Å². The largest absolute Gasteiger partial charge is 0.489 e. The van der Waals surface area contributed by atoms with Crippen molar-refractivity contribution >= 4 is 11.8 Å². The number of nitrogens with two attached hydrogens (primary N) is 1. The minimum absolute atomic E-state index is 0.181. The van der Waals surface area contributed by atoms with Crippen molar-refractivity contribution < 1.29 is 18.7 Å². The summed E-state index contributed by atoms with van der Waals surface area (Å²) < 4.78 is 18.2. The van der Waals surface area contributed by atoms with Gasteiger partial charge in [0, 0.05) is 12.1 Å². The Balaban J connectivity index is 2.19. The Morgan fingerprint density at radius 2 is 2.17 bits per heavy atom. The Kier molecular flexibility index (Phi) is 5.26. The van der Waals surface area contributed by atoms with Crippen molar-refractivity contribution in [2.75, 3.05) is 13.2 Å². The predicted octanol–water partition coefficient (Wildman–Crippen LogP) is 2.59. The molecule has 0 aromatic heterocycles. The lowest BCUT2D eigenvalue weighted by atomic mass is 9.93. The van der Waals surface area contributed by atoms with Gasteiger partial charge in [-0.3, -0.25) is 9.59 Å². The zero-order chi connectivity index (χ0) is 17.9. The molecule has 2 rings (SSSR count). The van der Waals surface area contributed by atoms with E-state index in [2.05, 4.69) is 0 Å². The number of hydrogen-bond acceptors (Lipinski definition) is 3. The minimum Gasteiger partial charge on any atom is -0.489 e. The highest BCUT2D eigenvalue weighted by molar-refractivity contribution is 6.00. The van der Waals surface area contributed by atoms with Crippen molar-refractivity contribution in [2.45, 2.75) is 39.2 Å². The van der Waals surface area contributed by atoms with Gasteiger partial charge in [0.1, 0.15) is 17.9 Å². The van der Waals surface area contributed by atoms with E-state index in [1.807, 2.05) is 6.92 Å². The van der Waals surface area contributed by atoms with Crippen LogP contribution in [-0.2, 0) is 11.2 Å². The van der Waals surface area contributed by atoms with Crippen LogP contribution in [0.3, 0.4) is 0 Å². The van der Waals surface area contributed by atoms with Crippen LogP contribution in [0.1, 0.15) is 43.1 Å². The van der Waals surface area contributed by atoms with Crippen molar-refractivity contribution in [3.63, 3.8) is 0 Å². The first-order valence-electron chi connectivity index (χ1n) is 7.97. The van der Waals surface area contributed by atoms with Gasteiger partial charge in [0.25, 0.3) is 5.91 Å². The highest BCUT2D eigenvalue weighted by Crippen LogP contribution is 2.28. The van der Waals surface area contributed by atoms with E-state index < -0.39 is 11.4 Å². The fourth-order valence-electron chi connectivity index (χ4n) is 2.61. The van der Waals surface area contributed by atoms with Crippen LogP contribution in [-0.4, -0.2) is 35.4 Å². The number of carbonyl (C=O) groups excluding carboxylic acids is 2. The molecule has 0 saturated heterocycles. The Hall–Kier alpha value is -2.37. The first kappa shape index (κ1) is 18.0. The van der Waals surface area contributed by atoms with Crippen LogP contribution in [0.15, 0.2) is 30.1 Å². The molecule has 130 valence electrons. The highest BCUT2D eigenvalue weighted by atomic mass is 19.1. The van der Waals surface area contributed by atoms with E-state index in [9.17, 15) is 14.0 Å². The van der Waals surface area contributed by atoms with E-state index >= 15 is 0 Å². The van der Waals surface area contributed by atoms with E-state index in [0.29, 0.717) is 42.6 Å². The molecular formula is C18H23FN2O3. The normalized spacial score (nSPS) is 15.2. The van der Waals surface area contributed by atoms with Crippen molar-refractivity contribution in [1.29, 1.82) is 0 Å². The lowest BCUT2D eigenvalue weighted by molar-refractivity contribution is -0.127. The molecule has 2 amide bonds. The second-order valence-corrected chi connectivity index (χ2v) is 6.36. The SMILES string of the molecule is CC/C(=C\F)COc1ccc2c(c1)CCN(C(C)(C)C(N)=O)C2=O. The number of rotatable bonds is 6. The maximum absolute atomic E-state index is 12.7. The monoisotopic (exact) mass is 334 g/mol. The summed E-state index contributed by atoms with van der Waals surface area (Å²) in [5, 5.41) is 0. The Morgan fingerprint density at radius 1 is 1.46 bits per heavy atom. The number of amides is 2. The molecule has 0 unspecified atom stereocenters. The second-order valence-electron chi connectivity index (χ2n) is 6.36. The van der Waals surface area contributed by atoms with Gasteiger partial charge in [-0.2, -0.15) is 0 Å². The summed E-state index contributed by atoms with van der Waals surface area (Å²) in [4.78, 5) is 25.8. The van der Waals surface area contributed by atoms with Gasteiger partial charge in [0.05, 0.1) is 6.33 Å². The van der Waals surface area contributed by atoms with Gasteiger partial charge in [0.15, 0.2) is 0 Å². The standard InChI is InChI=1S/C18H23FN2O3/c1-4-12(10-19)11-24-14-5-6-15-13(9-14)7-8-21(16(15)22)18(2,3)17(20)23/h5-6,9-10H,4,7-8,11H2,1-3H3,(H2,20,23)/b12-10+. The number of primary amides is 1. The molecule has 1 heterocycles. The summed E-state index contributed by atoms with van der Waals surface area (Å²) >= 11 is 0. The molecule has 6 heteroatoms. The van der Waals surface area contributed by atoms with Crippen molar-refractivity contribution in [2.24, 2.45) is 5.73 Å². The van der Waals surface area contributed by atoms with E-state index in [1.165, 1.54) is 4.90 Å². The number of ether oxygens (including phenoxy) is 1. The number of nitrogens with zero attached hydrogens (tertiary/aromatic N) is 1. The maximum Gasteiger partial charge on any atom is 0.255 e. The van der Waals surface area contributed by atoms with Crippen LogP contribution >= 0.6 is 0 Å². The molecule has 1 aromatic rings. The van der Waals surface area contributed by atoms with Crippen LogP contribution in [0.25, 0.3) is 0 Å². The first-order chi connectivity index (χ1) is 11.3. The molecular weight excluding hydrogens is 311 g/mol. The summed E-state index contributed by atoms with van der Waals surface area (Å²) in [7, 11) is 0. The molecule has 0 aliphatic carbocycles. The van der Waals surface area contributed by atoms with Crippen LogP contribution in [0.4, 0.5) is 4.39 Å². The fraction of sp³-hybridized carbons (Fsp3) is 0.444. The third kappa shape index (κ3) is 3.42. The fourth-order valence-corrected chi connectivity index (χ4v) is 2.61.